The molecule has 0 fully saturated rings. The highest BCUT2D eigenvalue weighted by molar-refractivity contribution is 5.27. The van der Waals surface area contributed by atoms with E-state index in [9.17, 15) is 0 Å². The van der Waals surface area contributed by atoms with E-state index in [-0.39, 0.29) is 0 Å². The first-order valence-electron chi connectivity index (χ1n) is 4.68. The van der Waals surface area contributed by atoms with Gasteiger partial charge in [0.1, 0.15) is 0 Å². The summed E-state index contributed by atoms with van der Waals surface area (Å²) in [6, 6.07) is 8.16. The monoisotopic (exact) mass is 188 g/mol. The predicted molar refractivity (Wildman–Crippen MR) is 52.9 cm³/mol. The molecule has 14 heavy (non-hydrogen) atoms. The molecule has 0 atom stereocenters. The molecule has 0 bridgehead atoms. The Morgan fingerprint density at radius 2 is 1.64 bits per heavy atom. The van der Waals surface area contributed by atoms with Gasteiger partial charge in [-0.05, 0) is 23.8 Å². The number of hydrogen-bond acceptors (Lipinski definition) is 4. The van der Waals surface area contributed by atoms with Crippen molar-refractivity contribution >= 4 is 0 Å². The van der Waals surface area contributed by atoms with Crippen LogP contribution in [-0.2, 0) is 5.66 Å². The molecule has 0 saturated heterocycles. The number of rotatable bonds is 2. The van der Waals surface area contributed by atoms with E-state index in [1.807, 2.05) is 19.1 Å². The molecule has 0 amide bonds. The molecule has 0 aliphatic carbocycles. The van der Waals surface area contributed by atoms with Crippen molar-refractivity contribution in [2.75, 3.05) is 0 Å². The van der Waals surface area contributed by atoms with E-state index in [1.165, 1.54) is 5.56 Å². The highest BCUT2D eigenvalue weighted by Crippen LogP contribution is 2.35. The van der Waals surface area contributed by atoms with Crippen molar-refractivity contribution in [2.24, 2.45) is 20.7 Å². The maximum Gasteiger partial charge on any atom is 0.219 e. The van der Waals surface area contributed by atoms with Crippen LogP contribution in [0.2, 0.25) is 0 Å². The highest BCUT2D eigenvalue weighted by atomic mass is 15.6. The molecule has 4 nitrogen and oxygen atoms in total. The fourth-order valence-electron chi connectivity index (χ4n) is 1.49. The zero-order valence-corrected chi connectivity index (χ0v) is 8.31. The van der Waals surface area contributed by atoms with Gasteiger partial charge in [0, 0.05) is 5.56 Å². The Kier molecular flexibility index (Phi) is 2.11. The lowest BCUT2D eigenvalue weighted by Crippen LogP contribution is -2.16. The van der Waals surface area contributed by atoms with E-state index >= 15 is 0 Å². The molecular weight excluding hydrogens is 176 g/mol. The van der Waals surface area contributed by atoms with Crippen molar-refractivity contribution in [1.29, 1.82) is 0 Å². The van der Waals surface area contributed by atoms with E-state index in [1.54, 1.807) is 0 Å². The van der Waals surface area contributed by atoms with Crippen LogP contribution >= 0.6 is 0 Å². The first kappa shape index (κ1) is 8.99. The summed E-state index contributed by atoms with van der Waals surface area (Å²) in [5, 5.41) is 15.3. The largest absolute Gasteiger partial charge is 0.219 e. The molecular formula is C10H12N4. The normalized spacial score (nSPS) is 17.6. The standard InChI is InChI=1S/C10H12N4/c1-3-10(11-13-14-12-10)9-6-4-8(2)5-7-9/h4-7H,3H2,1-2H3. The van der Waals surface area contributed by atoms with Gasteiger partial charge in [0.25, 0.3) is 0 Å². The number of nitrogens with zero attached hydrogens (tertiary/aromatic N) is 4. The zero-order chi connectivity index (χ0) is 10.0. The zero-order valence-electron chi connectivity index (χ0n) is 8.31. The Hall–Kier alpha value is -1.58. The van der Waals surface area contributed by atoms with E-state index in [0.717, 1.165) is 12.0 Å². The third-order valence-corrected chi connectivity index (χ3v) is 2.47. The Morgan fingerprint density at radius 3 is 2.14 bits per heavy atom. The molecule has 1 aromatic rings. The SMILES string of the molecule is CCC1(c2ccc(C)cc2)N=NN=N1. The maximum atomic E-state index is 4.08. The van der Waals surface area contributed by atoms with Gasteiger partial charge in [-0.25, -0.2) is 0 Å². The number of benzene rings is 1. The minimum absolute atomic E-state index is 0.562. The molecule has 2 rings (SSSR count). The Bertz CT molecular complexity index is 366. The molecule has 0 saturated carbocycles. The fourth-order valence-corrected chi connectivity index (χ4v) is 1.49. The van der Waals surface area contributed by atoms with E-state index in [0.29, 0.717) is 0 Å². The van der Waals surface area contributed by atoms with Crippen molar-refractivity contribution in [2.45, 2.75) is 25.9 Å². The lowest BCUT2D eigenvalue weighted by molar-refractivity contribution is 0.447. The minimum atomic E-state index is -0.562. The highest BCUT2D eigenvalue weighted by Gasteiger charge is 2.32. The van der Waals surface area contributed by atoms with Gasteiger partial charge in [-0.1, -0.05) is 36.8 Å². The summed E-state index contributed by atoms with van der Waals surface area (Å²) in [6.07, 6.45) is 0.781. The number of hydrogen-bond donors (Lipinski definition) is 0. The molecule has 4 heteroatoms. The first-order valence-corrected chi connectivity index (χ1v) is 4.68. The van der Waals surface area contributed by atoms with Gasteiger partial charge in [0.15, 0.2) is 0 Å². The van der Waals surface area contributed by atoms with Crippen molar-refractivity contribution in [3.05, 3.63) is 35.4 Å². The molecule has 1 aliphatic rings. The van der Waals surface area contributed by atoms with Gasteiger partial charge in [-0.2, -0.15) is 0 Å². The Morgan fingerprint density at radius 1 is 1.07 bits per heavy atom. The predicted octanol–water partition coefficient (Wildman–Crippen LogP) is 3.39. The molecule has 1 aromatic carbocycles. The van der Waals surface area contributed by atoms with Crippen LogP contribution in [0.1, 0.15) is 24.5 Å². The summed E-state index contributed by atoms with van der Waals surface area (Å²) in [5.41, 5.74) is 1.72. The van der Waals surface area contributed by atoms with E-state index < -0.39 is 5.66 Å². The van der Waals surface area contributed by atoms with Crippen LogP contribution in [0.5, 0.6) is 0 Å². The quantitative estimate of drug-likeness (QED) is 0.683. The maximum absolute atomic E-state index is 4.08. The molecule has 1 aliphatic heterocycles. The molecule has 0 unspecified atom stereocenters. The van der Waals surface area contributed by atoms with Crippen molar-refractivity contribution in [3.63, 3.8) is 0 Å². The molecule has 0 aromatic heterocycles. The second-order valence-corrected chi connectivity index (χ2v) is 3.42. The van der Waals surface area contributed by atoms with Crippen LogP contribution in [-0.4, -0.2) is 0 Å². The van der Waals surface area contributed by atoms with E-state index in [4.69, 9.17) is 0 Å². The molecule has 1 heterocycles. The van der Waals surface area contributed by atoms with Crippen LogP contribution in [0.15, 0.2) is 44.9 Å². The van der Waals surface area contributed by atoms with Crippen LogP contribution in [0.3, 0.4) is 0 Å². The molecule has 72 valence electrons. The van der Waals surface area contributed by atoms with E-state index in [2.05, 4.69) is 39.7 Å². The van der Waals surface area contributed by atoms with Gasteiger partial charge in [0.2, 0.25) is 5.66 Å². The Labute approximate surface area is 82.7 Å². The first-order chi connectivity index (χ1) is 6.77. The van der Waals surface area contributed by atoms with Gasteiger partial charge >= 0.3 is 0 Å². The summed E-state index contributed by atoms with van der Waals surface area (Å²) in [7, 11) is 0. The fraction of sp³-hybridized carbons (Fsp3) is 0.400. The summed E-state index contributed by atoms with van der Waals surface area (Å²) in [4.78, 5) is 0. The Balaban J connectivity index is 2.42. The lowest BCUT2D eigenvalue weighted by Gasteiger charge is -2.17. The van der Waals surface area contributed by atoms with Crippen molar-refractivity contribution in [1.82, 2.24) is 0 Å². The summed E-state index contributed by atoms with van der Waals surface area (Å²) in [5.74, 6) is 0. The van der Waals surface area contributed by atoms with Gasteiger partial charge < -0.3 is 0 Å². The molecule has 0 N–H and O–H groups in total. The number of aryl methyl sites for hydroxylation is 1. The molecule has 0 spiro atoms. The average molecular weight is 188 g/mol. The van der Waals surface area contributed by atoms with Crippen molar-refractivity contribution in [3.8, 4) is 0 Å². The third kappa shape index (κ3) is 1.32. The van der Waals surface area contributed by atoms with Crippen LogP contribution in [0, 0.1) is 6.92 Å². The average Bonchev–Trinajstić information content (AvgIpc) is 2.68. The summed E-state index contributed by atoms with van der Waals surface area (Å²) in [6.45, 7) is 4.09. The minimum Gasteiger partial charge on any atom is -0.130 e. The third-order valence-electron chi connectivity index (χ3n) is 2.47. The van der Waals surface area contributed by atoms with Crippen LogP contribution in [0.25, 0.3) is 0 Å². The second kappa shape index (κ2) is 3.29. The van der Waals surface area contributed by atoms with Crippen LogP contribution in [0.4, 0.5) is 0 Å². The van der Waals surface area contributed by atoms with Gasteiger partial charge in [0.05, 0.1) is 0 Å². The molecule has 0 radical (unpaired) electrons. The van der Waals surface area contributed by atoms with Crippen molar-refractivity contribution < 1.29 is 0 Å². The van der Waals surface area contributed by atoms with Gasteiger partial charge in [-0.15, -0.1) is 10.2 Å². The van der Waals surface area contributed by atoms with Crippen LogP contribution < -0.4 is 0 Å². The lowest BCUT2D eigenvalue weighted by atomic mass is 9.97. The smallest absolute Gasteiger partial charge is 0.130 e. The van der Waals surface area contributed by atoms with Gasteiger partial charge in [-0.3, -0.25) is 0 Å². The second-order valence-electron chi connectivity index (χ2n) is 3.42. The summed E-state index contributed by atoms with van der Waals surface area (Å²) < 4.78 is 0. The topological polar surface area (TPSA) is 49.4 Å². The summed E-state index contributed by atoms with van der Waals surface area (Å²) >= 11 is 0.